The number of hydrogen-bond acceptors (Lipinski definition) is 6. The Hall–Kier alpha value is -3.26. The summed E-state index contributed by atoms with van der Waals surface area (Å²) in [6.07, 6.45) is 1.75. The average molecular weight is 369 g/mol. The van der Waals surface area contributed by atoms with Gasteiger partial charge in [0.05, 0.1) is 10.5 Å². The molecule has 0 aliphatic rings. The van der Waals surface area contributed by atoms with E-state index >= 15 is 0 Å². The normalized spacial score (nSPS) is 11.0. The fraction of sp³-hybridized carbons (Fsp3) is 0.118. The molecule has 2 N–H and O–H groups in total. The molecular formula is C17H13ClN6O2. The van der Waals surface area contributed by atoms with E-state index in [0.29, 0.717) is 33.6 Å². The highest BCUT2D eigenvalue weighted by Gasteiger charge is 2.15. The van der Waals surface area contributed by atoms with Crippen LogP contribution >= 0.6 is 11.6 Å². The van der Waals surface area contributed by atoms with Crippen molar-refractivity contribution in [2.45, 2.75) is 13.8 Å². The number of aromatic amines is 1. The van der Waals surface area contributed by atoms with Gasteiger partial charge in [-0.1, -0.05) is 16.8 Å². The Morgan fingerprint density at radius 2 is 2.08 bits per heavy atom. The second kappa shape index (κ2) is 6.23. The van der Waals surface area contributed by atoms with Crippen molar-refractivity contribution in [3.63, 3.8) is 0 Å². The van der Waals surface area contributed by atoms with Gasteiger partial charge >= 0.3 is 0 Å². The number of halogens is 1. The molecular weight excluding hydrogens is 356 g/mol. The number of imidazole rings is 1. The topological polar surface area (TPSA) is 110 Å². The number of pyridine rings is 1. The highest BCUT2D eigenvalue weighted by molar-refractivity contribution is 6.33. The number of aryl methyl sites for hydroxylation is 2. The molecule has 0 spiro atoms. The van der Waals surface area contributed by atoms with Crippen LogP contribution in [0.3, 0.4) is 0 Å². The molecule has 0 saturated heterocycles. The second-order valence-electron chi connectivity index (χ2n) is 5.75. The van der Waals surface area contributed by atoms with Gasteiger partial charge in [-0.2, -0.15) is 4.98 Å². The molecule has 8 nitrogen and oxygen atoms in total. The fourth-order valence-corrected chi connectivity index (χ4v) is 2.70. The minimum absolute atomic E-state index is 0.0394. The van der Waals surface area contributed by atoms with Gasteiger partial charge in [0.1, 0.15) is 5.82 Å². The summed E-state index contributed by atoms with van der Waals surface area (Å²) in [6, 6.07) is 7.04. The summed E-state index contributed by atoms with van der Waals surface area (Å²) in [5.74, 6) is 0.367. The summed E-state index contributed by atoms with van der Waals surface area (Å²) in [4.78, 5) is 28.0. The number of fused-ring (bicyclic) bond motifs is 1. The maximum Gasteiger partial charge on any atom is 0.297 e. The van der Waals surface area contributed by atoms with Crippen molar-refractivity contribution in [1.82, 2.24) is 25.1 Å². The Morgan fingerprint density at radius 3 is 2.85 bits per heavy atom. The van der Waals surface area contributed by atoms with Crippen LogP contribution in [0.15, 0.2) is 35.0 Å². The zero-order chi connectivity index (χ0) is 18.3. The molecule has 0 bridgehead atoms. The van der Waals surface area contributed by atoms with Gasteiger partial charge < -0.3 is 14.8 Å². The van der Waals surface area contributed by atoms with Gasteiger partial charge in [0.15, 0.2) is 5.65 Å². The Bertz CT molecular complexity index is 1130. The number of aromatic nitrogens is 5. The first-order valence-corrected chi connectivity index (χ1v) is 8.11. The number of carbonyl (C=O) groups excluding carboxylic acids is 1. The Morgan fingerprint density at radius 1 is 1.23 bits per heavy atom. The van der Waals surface area contributed by atoms with Crippen LogP contribution in [0.2, 0.25) is 5.02 Å². The zero-order valence-electron chi connectivity index (χ0n) is 13.9. The predicted octanol–water partition coefficient (Wildman–Crippen LogP) is 3.53. The SMILES string of the molecule is Cc1cnc2nc(-c3cc(NC(=O)c4noc(C)n4)ccc3Cl)[nH]c2c1. The van der Waals surface area contributed by atoms with E-state index in [9.17, 15) is 4.79 Å². The summed E-state index contributed by atoms with van der Waals surface area (Å²) < 4.78 is 4.81. The Balaban J connectivity index is 1.68. The van der Waals surface area contributed by atoms with Crippen LogP contribution < -0.4 is 5.32 Å². The molecule has 4 rings (SSSR count). The van der Waals surface area contributed by atoms with Crippen LogP contribution in [0.5, 0.6) is 0 Å². The highest BCUT2D eigenvalue weighted by atomic mass is 35.5. The number of carbonyl (C=O) groups is 1. The predicted molar refractivity (Wildman–Crippen MR) is 96.1 cm³/mol. The minimum Gasteiger partial charge on any atom is -0.339 e. The van der Waals surface area contributed by atoms with Gasteiger partial charge in [0.25, 0.3) is 11.7 Å². The molecule has 4 aromatic rings. The van der Waals surface area contributed by atoms with Crippen LogP contribution in [-0.4, -0.2) is 31.0 Å². The fourth-order valence-electron chi connectivity index (χ4n) is 2.50. The van der Waals surface area contributed by atoms with Gasteiger partial charge in [0, 0.05) is 24.4 Å². The largest absolute Gasteiger partial charge is 0.339 e. The number of H-pyrrole nitrogens is 1. The lowest BCUT2D eigenvalue weighted by Crippen LogP contribution is -2.13. The summed E-state index contributed by atoms with van der Waals surface area (Å²) in [6.45, 7) is 3.57. The zero-order valence-corrected chi connectivity index (χ0v) is 14.6. The first kappa shape index (κ1) is 16.2. The van der Waals surface area contributed by atoms with E-state index in [-0.39, 0.29) is 5.82 Å². The van der Waals surface area contributed by atoms with E-state index in [1.54, 1.807) is 31.3 Å². The van der Waals surface area contributed by atoms with Crippen LogP contribution in [0.4, 0.5) is 5.69 Å². The number of anilines is 1. The first-order valence-electron chi connectivity index (χ1n) is 7.73. The molecule has 0 aliphatic heterocycles. The number of benzene rings is 1. The van der Waals surface area contributed by atoms with Crippen molar-refractivity contribution >= 4 is 34.4 Å². The van der Waals surface area contributed by atoms with Crippen molar-refractivity contribution < 1.29 is 9.32 Å². The van der Waals surface area contributed by atoms with Crippen molar-refractivity contribution in [3.8, 4) is 11.4 Å². The van der Waals surface area contributed by atoms with Gasteiger partial charge in [-0.25, -0.2) is 9.97 Å². The van der Waals surface area contributed by atoms with Gasteiger partial charge in [0.2, 0.25) is 5.89 Å². The van der Waals surface area contributed by atoms with E-state index in [1.165, 1.54) is 0 Å². The van der Waals surface area contributed by atoms with E-state index < -0.39 is 5.91 Å². The molecule has 0 saturated carbocycles. The summed E-state index contributed by atoms with van der Waals surface area (Å²) in [5.41, 5.74) is 3.60. The van der Waals surface area contributed by atoms with Crippen molar-refractivity contribution in [3.05, 3.63) is 52.8 Å². The molecule has 0 atom stereocenters. The van der Waals surface area contributed by atoms with Crippen molar-refractivity contribution in [2.24, 2.45) is 0 Å². The third kappa shape index (κ3) is 3.02. The lowest BCUT2D eigenvalue weighted by atomic mass is 10.2. The minimum atomic E-state index is -0.475. The van der Waals surface area contributed by atoms with E-state index in [2.05, 4.69) is 30.4 Å². The molecule has 9 heteroatoms. The average Bonchev–Trinajstić information content (AvgIpc) is 3.22. The summed E-state index contributed by atoms with van der Waals surface area (Å²) >= 11 is 6.31. The second-order valence-corrected chi connectivity index (χ2v) is 6.16. The van der Waals surface area contributed by atoms with E-state index in [1.807, 2.05) is 13.0 Å². The number of rotatable bonds is 3. The molecule has 0 aliphatic carbocycles. The molecule has 1 aromatic carbocycles. The number of amides is 1. The van der Waals surface area contributed by atoms with Gasteiger partial charge in [-0.3, -0.25) is 4.79 Å². The lowest BCUT2D eigenvalue weighted by molar-refractivity contribution is 0.101. The molecule has 3 heterocycles. The van der Waals surface area contributed by atoms with Crippen molar-refractivity contribution in [1.29, 1.82) is 0 Å². The number of nitrogens with zero attached hydrogens (tertiary/aromatic N) is 4. The van der Waals surface area contributed by atoms with Crippen LogP contribution in [0.25, 0.3) is 22.6 Å². The summed E-state index contributed by atoms with van der Waals surface area (Å²) in [7, 11) is 0. The lowest BCUT2D eigenvalue weighted by Gasteiger charge is -2.06. The monoisotopic (exact) mass is 368 g/mol. The van der Waals surface area contributed by atoms with Crippen molar-refractivity contribution in [2.75, 3.05) is 5.32 Å². The quantitative estimate of drug-likeness (QED) is 0.572. The highest BCUT2D eigenvalue weighted by Crippen LogP contribution is 2.30. The molecule has 26 heavy (non-hydrogen) atoms. The number of nitrogens with one attached hydrogen (secondary N) is 2. The molecule has 3 aromatic heterocycles. The molecule has 0 fully saturated rings. The maximum absolute atomic E-state index is 12.2. The summed E-state index contributed by atoms with van der Waals surface area (Å²) in [5, 5.41) is 6.80. The molecule has 0 radical (unpaired) electrons. The third-order valence-electron chi connectivity index (χ3n) is 3.68. The van der Waals surface area contributed by atoms with Gasteiger partial charge in [-0.15, -0.1) is 0 Å². The third-order valence-corrected chi connectivity index (χ3v) is 4.01. The first-order chi connectivity index (χ1) is 12.5. The number of hydrogen-bond donors (Lipinski definition) is 2. The molecule has 0 unspecified atom stereocenters. The Labute approximate surface area is 152 Å². The van der Waals surface area contributed by atoms with Crippen LogP contribution in [0.1, 0.15) is 22.1 Å². The Kier molecular flexibility index (Phi) is 3.89. The van der Waals surface area contributed by atoms with Gasteiger partial charge in [-0.05, 0) is 36.8 Å². The molecule has 1 amide bonds. The van der Waals surface area contributed by atoms with Crippen LogP contribution in [-0.2, 0) is 0 Å². The van der Waals surface area contributed by atoms with E-state index in [0.717, 1.165) is 11.1 Å². The molecule has 130 valence electrons. The maximum atomic E-state index is 12.2. The van der Waals surface area contributed by atoms with Crippen LogP contribution in [0, 0.1) is 13.8 Å². The standard InChI is InChI=1S/C17H13ClN6O2/c1-8-5-13-15(19-7-8)23-14(22-13)11-6-10(3-4-12(11)18)21-17(25)16-20-9(2)26-24-16/h3-7H,1-2H3,(H,21,25)(H,19,22,23). The smallest absolute Gasteiger partial charge is 0.297 e. The van der Waals surface area contributed by atoms with E-state index in [4.69, 9.17) is 16.1 Å².